The number of amides is 2. The van der Waals surface area contributed by atoms with Gasteiger partial charge in [-0.2, -0.15) is 0 Å². The average molecular weight is 429 g/mol. The molecule has 0 saturated heterocycles. The molecule has 156 valence electrons. The Hall–Kier alpha value is -3.40. The molecular formula is C20H20FN5O3S. The first kappa shape index (κ1) is 21.3. The van der Waals surface area contributed by atoms with E-state index >= 15 is 0 Å². The first-order valence-electron chi connectivity index (χ1n) is 8.95. The molecule has 0 radical (unpaired) electrons. The van der Waals surface area contributed by atoms with Gasteiger partial charge in [-0.15, -0.1) is 10.2 Å². The zero-order valence-corrected chi connectivity index (χ0v) is 17.2. The van der Waals surface area contributed by atoms with Crippen molar-refractivity contribution in [1.82, 2.24) is 20.1 Å². The second-order valence-corrected chi connectivity index (χ2v) is 7.13. The number of nitrogens with one attached hydrogen (secondary N) is 2. The molecule has 3 aromatic rings. The van der Waals surface area contributed by atoms with Crippen molar-refractivity contribution in [3.63, 3.8) is 0 Å². The van der Waals surface area contributed by atoms with Crippen LogP contribution in [0.5, 0.6) is 5.75 Å². The third kappa shape index (κ3) is 5.35. The summed E-state index contributed by atoms with van der Waals surface area (Å²) >= 11 is 1.16. The highest BCUT2D eigenvalue weighted by atomic mass is 32.2. The molecular weight excluding hydrogens is 409 g/mol. The smallest absolute Gasteiger partial charge is 0.251 e. The van der Waals surface area contributed by atoms with Crippen LogP contribution in [0.4, 0.5) is 10.1 Å². The van der Waals surface area contributed by atoms with Crippen molar-refractivity contribution >= 4 is 29.3 Å². The van der Waals surface area contributed by atoms with Crippen molar-refractivity contribution in [1.29, 1.82) is 0 Å². The number of ether oxygens (including phenoxy) is 1. The molecule has 0 unspecified atom stereocenters. The maximum atomic E-state index is 13.6. The van der Waals surface area contributed by atoms with E-state index in [1.165, 1.54) is 12.1 Å². The highest BCUT2D eigenvalue weighted by Crippen LogP contribution is 2.18. The van der Waals surface area contributed by atoms with Crippen LogP contribution in [0.15, 0.2) is 53.7 Å². The van der Waals surface area contributed by atoms with E-state index in [1.54, 1.807) is 55.1 Å². The Kier molecular flexibility index (Phi) is 7.02. The van der Waals surface area contributed by atoms with Crippen LogP contribution < -0.4 is 15.4 Å². The predicted molar refractivity (Wildman–Crippen MR) is 111 cm³/mol. The van der Waals surface area contributed by atoms with Crippen LogP contribution in [0.1, 0.15) is 16.2 Å². The van der Waals surface area contributed by atoms with Gasteiger partial charge in [-0.3, -0.25) is 9.59 Å². The van der Waals surface area contributed by atoms with Gasteiger partial charge in [0.2, 0.25) is 5.91 Å². The highest BCUT2D eigenvalue weighted by molar-refractivity contribution is 7.99. The highest BCUT2D eigenvalue weighted by Gasteiger charge is 2.14. The molecule has 0 bridgehead atoms. The van der Waals surface area contributed by atoms with Gasteiger partial charge < -0.3 is 19.9 Å². The molecule has 3 rings (SSSR count). The molecule has 8 nitrogen and oxygen atoms in total. The molecule has 0 aliphatic heterocycles. The van der Waals surface area contributed by atoms with Gasteiger partial charge in [-0.1, -0.05) is 23.9 Å². The fourth-order valence-electron chi connectivity index (χ4n) is 2.51. The van der Waals surface area contributed by atoms with E-state index in [9.17, 15) is 14.0 Å². The molecule has 0 spiro atoms. The number of hydrogen-bond donors (Lipinski definition) is 2. The number of rotatable bonds is 8. The number of anilines is 1. The van der Waals surface area contributed by atoms with E-state index in [0.717, 1.165) is 11.8 Å². The molecule has 1 heterocycles. The zero-order chi connectivity index (χ0) is 21.5. The number of carbonyl (C=O) groups excluding carboxylic acids is 2. The van der Waals surface area contributed by atoms with Gasteiger partial charge in [0.1, 0.15) is 11.6 Å². The summed E-state index contributed by atoms with van der Waals surface area (Å²) in [5.74, 6) is 0.138. The minimum absolute atomic E-state index is 0.0402. The van der Waals surface area contributed by atoms with E-state index in [1.807, 2.05) is 0 Å². The van der Waals surface area contributed by atoms with Crippen LogP contribution in [0.2, 0.25) is 0 Å². The van der Waals surface area contributed by atoms with Crippen molar-refractivity contribution in [3.05, 3.63) is 65.7 Å². The summed E-state index contributed by atoms with van der Waals surface area (Å²) < 4.78 is 20.4. The molecule has 0 aliphatic rings. The van der Waals surface area contributed by atoms with Crippen LogP contribution in [0.25, 0.3) is 0 Å². The molecule has 0 aliphatic carbocycles. The van der Waals surface area contributed by atoms with E-state index in [2.05, 4.69) is 20.8 Å². The van der Waals surface area contributed by atoms with Crippen molar-refractivity contribution in [2.75, 3.05) is 18.2 Å². The first-order chi connectivity index (χ1) is 14.5. The largest absolute Gasteiger partial charge is 0.497 e. The fourth-order valence-corrected chi connectivity index (χ4v) is 3.24. The predicted octanol–water partition coefficient (Wildman–Crippen LogP) is 2.62. The van der Waals surface area contributed by atoms with Gasteiger partial charge in [-0.25, -0.2) is 4.39 Å². The van der Waals surface area contributed by atoms with Crippen molar-refractivity contribution in [2.24, 2.45) is 7.05 Å². The normalized spacial score (nSPS) is 10.5. The van der Waals surface area contributed by atoms with E-state index in [0.29, 0.717) is 22.3 Å². The van der Waals surface area contributed by atoms with Gasteiger partial charge in [0, 0.05) is 12.6 Å². The van der Waals surface area contributed by atoms with Crippen LogP contribution in [-0.4, -0.2) is 39.4 Å². The lowest BCUT2D eigenvalue weighted by Crippen LogP contribution is -2.24. The number of halogens is 1. The second kappa shape index (κ2) is 9.88. The Bertz CT molecular complexity index is 1040. The van der Waals surface area contributed by atoms with Gasteiger partial charge >= 0.3 is 0 Å². The Morgan fingerprint density at radius 2 is 1.87 bits per heavy atom. The number of aromatic nitrogens is 3. The molecule has 1 aromatic heterocycles. The SMILES string of the molecule is COc1ccc(C(=O)NCc2nnc(SCC(=O)Nc3ccccc3F)n2C)cc1. The first-order valence-corrected chi connectivity index (χ1v) is 9.94. The molecule has 0 saturated carbocycles. The summed E-state index contributed by atoms with van der Waals surface area (Å²) in [6, 6.07) is 12.7. The Morgan fingerprint density at radius 3 is 2.57 bits per heavy atom. The van der Waals surface area contributed by atoms with Crippen LogP contribution in [-0.2, 0) is 18.4 Å². The van der Waals surface area contributed by atoms with Crippen molar-refractivity contribution < 1.29 is 18.7 Å². The molecule has 10 heteroatoms. The number of carbonyl (C=O) groups is 2. The fraction of sp³-hybridized carbons (Fsp3) is 0.200. The quantitative estimate of drug-likeness (QED) is 0.534. The Labute approximate surface area is 176 Å². The summed E-state index contributed by atoms with van der Waals surface area (Å²) in [4.78, 5) is 24.3. The molecule has 2 aromatic carbocycles. The minimum atomic E-state index is -0.496. The summed E-state index contributed by atoms with van der Waals surface area (Å²) in [6.07, 6.45) is 0. The van der Waals surface area contributed by atoms with Crippen molar-refractivity contribution in [3.8, 4) is 5.75 Å². The van der Waals surface area contributed by atoms with Gasteiger partial charge in [0.25, 0.3) is 5.91 Å². The molecule has 2 amide bonds. The second-order valence-electron chi connectivity index (χ2n) is 6.19. The average Bonchev–Trinajstić information content (AvgIpc) is 3.11. The minimum Gasteiger partial charge on any atom is -0.497 e. The lowest BCUT2D eigenvalue weighted by atomic mass is 10.2. The maximum absolute atomic E-state index is 13.6. The summed E-state index contributed by atoms with van der Waals surface area (Å²) in [6.45, 7) is 0.177. The molecule has 2 N–H and O–H groups in total. The van der Waals surface area contributed by atoms with Gasteiger partial charge in [0.05, 0.1) is 25.1 Å². The van der Waals surface area contributed by atoms with E-state index in [4.69, 9.17) is 4.74 Å². The number of benzene rings is 2. The summed E-state index contributed by atoms with van der Waals surface area (Å²) in [7, 11) is 3.30. The molecule has 30 heavy (non-hydrogen) atoms. The summed E-state index contributed by atoms with van der Waals surface area (Å²) in [5.41, 5.74) is 0.625. The van der Waals surface area contributed by atoms with Crippen LogP contribution in [0.3, 0.4) is 0 Å². The Balaban J connectivity index is 1.52. The number of hydrogen-bond acceptors (Lipinski definition) is 6. The standard InChI is InChI=1S/C20H20FN5O3S/c1-26-17(11-22-19(28)13-7-9-14(29-2)10-8-13)24-25-20(26)30-12-18(27)23-16-6-4-3-5-15(16)21/h3-10H,11-12H2,1-2H3,(H,22,28)(H,23,27). The van der Waals surface area contributed by atoms with Gasteiger partial charge in [0.15, 0.2) is 11.0 Å². The Morgan fingerprint density at radius 1 is 1.13 bits per heavy atom. The van der Waals surface area contributed by atoms with Crippen LogP contribution in [0, 0.1) is 5.82 Å². The number of thioether (sulfide) groups is 1. The maximum Gasteiger partial charge on any atom is 0.251 e. The van der Waals surface area contributed by atoms with E-state index in [-0.39, 0.29) is 29.8 Å². The third-order valence-corrected chi connectivity index (χ3v) is 5.18. The molecule has 0 fully saturated rings. The lowest BCUT2D eigenvalue weighted by Gasteiger charge is -2.07. The lowest BCUT2D eigenvalue weighted by molar-refractivity contribution is -0.113. The third-order valence-electron chi connectivity index (χ3n) is 4.16. The van der Waals surface area contributed by atoms with E-state index < -0.39 is 5.82 Å². The van der Waals surface area contributed by atoms with Gasteiger partial charge in [-0.05, 0) is 36.4 Å². The van der Waals surface area contributed by atoms with Crippen LogP contribution >= 0.6 is 11.8 Å². The number of nitrogens with zero attached hydrogens (tertiary/aromatic N) is 3. The zero-order valence-electron chi connectivity index (χ0n) is 16.4. The number of methoxy groups -OCH3 is 1. The summed E-state index contributed by atoms with van der Waals surface area (Å²) in [5, 5.41) is 13.9. The topological polar surface area (TPSA) is 98.1 Å². The number of para-hydroxylation sites is 1. The molecule has 0 atom stereocenters. The van der Waals surface area contributed by atoms with Crippen molar-refractivity contribution in [2.45, 2.75) is 11.7 Å². The monoisotopic (exact) mass is 429 g/mol.